The van der Waals surface area contributed by atoms with Crippen molar-refractivity contribution < 1.29 is 9.32 Å². The van der Waals surface area contributed by atoms with Crippen molar-refractivity contribution in [2.24, 2.45) is 0 Å². The van der Waals surface area contributed by atoms with Gasteiger partial charge in [-0.05, 0) is 31.2 Å². The molecule has 0 aliphatic carbocycles. The van der Waals surface area contributed by atoms with Gasteiger partial charge >= 0.3 is 0 Å². The summed E-state index contributed by atoms with van der Waals surface area (Å²) in [6, 6.07) is 12.9. The molecule has 4 rings (SSSR count). The number of benzene rings is 1. The summed E-state index contributed by atoms with van der Waals surface area (Å²) < 4.78 is 7.03. The van der Waals surface area contributed by atoms with E-state index in [0.717, 1.165) is 11.3 Å². The van der Waals surface area contributed by atoms with E-state index in [1.807, 2.05) is 43.3 Å². The minimum Gasteiger partial charge on any atom is -0.333 e. The third-order valence-corrected chi connectivity index (χ3v) is 3.91. The number of rotatable bonds is 5. The number of carbonyl (C=O) groups is 1. The maximum absolute atomic E-state index is 12.3. The maximum atomic E-state index is 12.3. The second-order valence-electron chi connectivity index (χ2n) is 5.88. The van der Waals surface area contributed by atoms with Gasteiger partial charge in [0, 0.05) is 24.3 Å². The van der Waals surface area contributed by atoms with E-state index in [0.29, 0.717) is 23.2 Å². The number of imidazole rings is 1. The average Bonchev–Trinajstić information content (AvgIpc) is 3.31. The van der Waals surface area contributed by atoms with E-state index >= 15 is 0 Å². The fraction of sp³-hybridized carbons (Fsp3) is 0.105. The van der Waals surface area contributed by atoms with Gasteiger partial charge in [-0.25, -0.2) is 4.98 Å². The first-order valence-corrected chi connectivity index (χ1v) is 8.32. The maximum Gasteiger partial charge on any atom is 0.259 e. The van der Waals surface area contributed by atoms with Crippen LogP contribution in [0.1, 0.15) is 5.82 Å². The summed E-state index contributed by atoms with van der Waals surface area (Å²) in [6.07, 6.45) is 5.05. The van der Waals surface area contributed by atoms with Gasteiger partial charge in [0.1, 0.15) is 18.1 Å². The molecule has 0 saturated carbocycles. The van der Waals surface area contributed by atoms with Gasteiger partial charge in [-0.15, -0.1) is 0 Å². The highest BCUT2D eigenvalue weighted by atomic mass is 16.5. The minimum absolute atomic E-state index is 0.140. The first kappa shape index (κ1) is 16.6. The number of amides is 1. The third-order valence-electron chi connectivity index (χ3n) is 3.91. The molecule has 0 bridgehead atoms. The van der Waals surface area contributed by atoms with Gasteiger partial charge in [-0.2, -0.15) is 4.98 Å². The molecule has 1 amide bonds. The van der Waals surface area contributed by atoms with E-state index < -0.39 is 0 Å². The predicted molar refractivity (Wildman–Crippen MR) is 98.6 cm³/mol. The van der Waals surface area contributed by atoms with Crippen LogP contribution in [0.15, 0.2) is 65.6 Å². The fourth-order valence-corrected chi connectivity index (χ4v) is 2.59. The van der Waals surface area contributed by atoms with Crippen LogP contribution in [-0.2, 0) is 11.3 Å². The second kappa shape index (κ2) is 7.20. The van der Waals surface area contributed by atoms with Crippen molar-refractivity contribution in [2.75, 3.05) is 5.32 Å². The molecule has 0 unspecified atom stereocenters. The molecule has 0 radical (unpaired) electrons. The summed E-state index contributed by atoms with van der Waals surface area (Å²) in [5, 5.41) is 6.82. The molecule has 0 fully saturated rings. The molecule has 0 atom stereocenters. The Hall–Kier alpha value is -3.81. The number of aryl methyl sites for hydroxylation is 1. The summed E-state index contributed by atoms with van der Waals surface area (Å²) >= 11 is 0. The van der Waals surface area contributed by atoms with Crippen LogP contribution in [0.2, 0.25) is 0 Å². The molecule has 134 valence electrons. The lowest BCUT2D eigenvalue weighted by molar-refractivity contribution is -0.116. The number of nitrogens with zero attached hydrogens (tertiary/aromatic N) is 5. The number of hydrogen-bond acceptors (Lipinski definition) is 6. The number of aromatic nitrogens is 5. The molecule has 8 heteroatoms. The summed E-state index contributed by atoms with van der Waals surface area (Å²) in [5.74, 6) is 1.27. The molecule has 3 heterocycles. The Bertz CT molecular complexity index is 1060. The van der Waals surface area contributed by atoms with Crippen LogP contribution >= 0.6 is 0 Å². The largest absolute Gasteiger partial charge is 0.333 e. The first-order valence-electron chi connectivity index (χ1n) is 8.32. The smallest absolute Gasteiger partial charge is 0.259 e. The highest BCUT2D eigenvalue weighted by Gasteiger charge is 2.15. The molecule has 4 aromatic rings. The van der Waals surface area contributed by atoms with Crippen LogP contribution in [0.4, 0.5) is 5.69 Å². The molecule has 3 aromatic heterocycles. The van der Waals surface area contributed by atoms with Crippen LogP contribution in [-0.4, -0.2) is 30.6 Å². The monoisotopic (exact) mass is 360 g/mol. The van der Waals surface area contributed by atoms with Crippen molar-refractivity contribution in [3.8, 4) is 23.0 Å². The van der Waals surface area contributed by atoms with Crippen molar-refractivity contribution >= 4 is 11.6 Å². The predicted octanol–water partition coefficient (Wildman–Crippen LogP) is 2.94. The molecule has 8 nitrogen and oxygen atoms in total. The SMILES string of the molecule is Cc1nc(-c2noc(-c3cccnc3)n2)cn1CC(=O)Nc1ccccc1. The Labute approximate surface area is 154 Å². The van der Waals surface area contributed by atoms with Crippen molar-refractivity contribution in [3.05, 3.63) is 66.9 Å². The number of para-hydroxylation sites is 1. The molecular weight excluding hydrogens is 344 g/mol. The summed E-state index contributed by atoms with van der Waals surface area (Å²) in [5.41, 5.74) is 2.02. The van der Waals surface area contributed by atoms with Gasteiger partial charge in [0.15, 0.2) is 0 Å². The highest BCUT2D eigenvalue weighted by molar-refractivity contribution is 5.90. The lowest BCUT2D eigenvalue weighted by Gasteiger charge is -2.06. The van der Waals surface area contributed by atoms with Crippen LogP contribution in [0.25, 0.3) is 23.0 Å². The van der Waals surface area contributed by atoms with Crippen molar-refractivity contribution in [2.45, 2.75) is 13.5 Å². The number of carbonyl (C=O) groups excluding carboxylic acids is 1. The standard InChI is InChI=1S/C19H16N6O2/c1-13-21-16(18-23-19(27-24-18)14-6-5-9-20-10-14)11-25(13)12-17(26)22-15-7-3-2-4-8-15/h2-11H,12H2,1H3,(H,22,26). The van der Waals surface area contributed by atoms with Crippen LogP contribution in [0.5, 0.6) is 0 Å². The van der Waals surface area contributed by atoms with Gasteiger partial charge in [-0.1, -0.05) is 23.4 Å². The van der Waals surface area contributed by atoms with Crippen LogP contribution < -0.4 is 5.32 Å². The van der Waals surface area contributed by atoms with E-state index in [4.69, 9.17) is 4.52 Å². The Balaban J connectivity index is 1.50. The second-order valence-corrected chi connectivity index (χ2v) is 5.88. The Morgan fingerprint density at radius 3 is 2.78 bits per heavy atom. The molecule has 1 N–H and O–H groups in total. The number of nitrogens with one attached hydrogen (secondary N) is 1. The van der Waals surface area contributed by atoms with Crippen molar-refractivity contribution in [3.63, 3.8) is 0 Å². The Morgan fingerprint density at radius 2 is 2.00 bits per heavy atom. The average molecular weight is 360 g/mol. The van der Waals surface area contributed by atoms with E-state index in [1.165, 1.54) is 0 Å². The molecular formula is C19H16N6O2. The normalized spacial score (nSPS) is 10.7. The molecule has 0 saturated heterocycles. The number of pyridine rings is 1. The van der Waals surface area contributed by atoms with Gasteiger partial charge in [0.05, 0.1) is 5.56 Å². The summed E-state index contributed by atoms with van der Waals surface area (Å²) in [7, 11) is 0. The number of hydrogen-bond donors (Lipinski definition) is 1. The third kappa shape index (κ3) is 3.74. The van der Waals surface area contributed by atoms with E-state index in [1.54, 1.807) is 29.2 Å². The number of anilines is 1. The first-order chi connectivity index (χ1) is 13.2. The minimum atomic E-state index is -0.141. The van der Waals surface area contributed by atoms with Gasteiger partial charge < -0.3 is 14.4 Å². The van der Waals surface area contributed by atoms with E-state index in [2.05, 4.69) is 25.4 Å². The van der Waals surface area contributed by atoms with Gasteiger partial charge in [-0.3, -0.25) is 9.78 Å². The lowest BCUT2D eigenvalue weighted by Crippen LogP contribution is -2.18. The Morgan fingerprint density at radius 1 is 1.15 bits per heavy atom. The highest BCUT2D eigenvalue weighted by Crippen LogP contribution is 2.21. The summed E-state index contributed by atoms with van der Waals surface area (Å²) in [6.45, 7) is 1.96. The van der Waals surface area contributed by atoms with Crippen molar-refractivity contribution in [1.82, 2.24) is 24.7 Å². The van der Waals surface area contributed by atoms with Crippen LogP contribution in [0, 0.1) is 6.92 Å². The van der Waals surface area contributed by atoms with E-state index in [-0.39, 0.29) is 12.5 Å². The molecule has 1 aromatic carbocycles. The topological polar surface area (TPSA) is 98.7 Å². The van der Waals surface area contributed by atoms with Crippen molar-refractivity contribution in [1.29, 1.82) is 0 Å². The quantitative estimate of drug-likeness (QED) is 0.587. The zero-order chi connectivity index (χ0) is 18.6. The summed E-state index contributed by atoms with van der Waals surface area (Å²) in [4.78, 5) is 25.1. The Kier molecular flexibility index (Phi) is 4.44. The van der Waals surface area contributed by atoms with Crippen LogP contribution in [0.3, 0.4) is 0 Å². The lowest BCUT2D eigenvalue weighted by atomic mass is 10.3. The van der Waals surface area contributed by atoms with E-state index in [9.17, 15) is 4.79 Å². The van der Waals surface area contributed by atoms with Gasteiger partial charge in [0.25, 0.3) is 5.89 Å². The zero-order valence-corrected chi connectivity index (χ0v) is 14.5. The molecule has 0 aliphatic heterocycles. The molecule has 0 spiro atoms. The fourth-order valence-electron chi connectivity index (χ4n) is 2.59. The zero-order valence-electron chi connectivity index (χ0n) is 14.5. The molecule has 27 heavy (non-hydrogen) atoms. The van der Waals surface area contributed by atoms with Gasteiger partial charge in [0.2, 0.25) is 11.7 Å². The molecule has 0 aliphatic rings.